The van der Waals surface area contributed by atoms with Crippen LogP contribution in [0.3, 0.4) is 0 Å². The summed E-state index contributed by atoms with van der Waals surface area (Å²) < 4.78 is 5.49. The molecule has 1 atom stereocenters. The zero-order chi connectivity index (χ0) is 21.0. The molecule has 8 heteroatoms. The monoisotopic (exact) mass is 401 g/mol. The number of carbonyl (C=O) groups excluding carboxylic acids is 2. The second-order valence-corrected chi connectivity index (χ2v) is 8.49. The van der Waals surface area contributed by atoms with E-state index in [1.807, 2.05) is 45.0 Å². The van der Waals surface area contributed by atoms with Crippen LogP contribution in [-0.4, -0.2) is 72.1 Å². The number of hydrogen-bond acceptors (Lipinski definition) is 6. The van der Waals surface area contributed by atoms with Gasteiger partial charge in [0.1, 0.15) is 5.60 Å². The van der Waals surface area contributed by atoms with E-state index in [0.717, 1.165) is 31.2 Å². The number of nitrogens with zero attached hydrogens (tertiary/aromatic N) is 3. The number of guanidine groups is 1. The molecule has 0 saturated carbocycles. The van der Waals surface area contributed by atoms with E-state index in [9.17, 15) is 9.59 Å². The first-order valence-corrected chi connectivity index (χ1v) is 10.1. The number of aliphatic imine (C=N–C) groups is 1. The van der Waals surface area contributed by atoms with Crippen LogP contribution in [0.5, 0.6) is 0 Å². The van der Waals surface area contributed by atoms with Crippen molar-refractivity contribution >= 4 is 23.6 Å². The van der Waals surface area contributed by atoms with Crippen molar-refractivity contribution in [2.75, 3.05) is 38.0 Å². The summed E-state index contributed by atoms with van der Waals surface area (Å²) in [5, 5.41) is 6.20. The first-order valence-electron chi connectivity index (χ1n) is 10.1. The fourth-order valence-corrected chi connectivity index (χ4v) is 3.50. The number of fused-ring (bicyclic) bond motifs is 1. The Kier molecular flexibility index (Phi) is 6.30. The SMILES string of the molecule is CC(=O)Nc1ccc(CCNC2=NCC3CN(C(=O)OC(C)(C)C)CCN23)cc1. The fraction of sp³-hybridized carbons (Fsp3) is 0.571. The number of amides is 2. The maximum absolute atomic E-state index is 12.3. The minimum absolute atomic E-state index is 0.0695. The van der Waals surface area contributed by atoms with Crippen molar-refractivity contribution in [3.8, 4) is 0 Å². The summed E-state index contributed by atoms with van der Waals surface area (Å²) in [7, 11) is 0. The van der Waals surface area contributed by atoms with Gasteiger partial charge in [-0.25, -0.2) is 4.79 Å². The van der Waals surface area contributed by atoms with Crippen LogP contribution in [-0.2, 0) is 16.0 Å². The predicted octanol–water partition coefficient (Wildman–Crippen LogP) is 2.07. The van der Waals surface area contributed by atoms with E-state index in [4.69, 9.17) is 4.74 Å². The third-order valence-electron chi connectivity index (χ3n) is 4.83. The summed E-state index contributed by atoms with van der Waals surface area (Å²) in [6.45, 7) is 10.6. The number of carbonyl (C=O) groups is 2. The smallest absolute Gasteiger partial charge is 0.410 e. The molecule has 29 heavy (non-hydrogen) atoms. The van der Waals surface area contributed by atoms with Crippen LogP contribution in [0.1, 0.15) is 33.3 Å². The second-order valence-electron chi connectivity index (χ2n) is 8.49. The van der Waals surface area contributed by atoms with Gasteiger partial charge in [0.2, 0.25) is 5.91 Å². The van der Waals surface area contributed by atoms with Gasteiger partial charge in [-0.1, -0.05) is 12.1 Å². The number of hydrogen-bond donors (Lipinski definition) is 2. The van der Waals surface area contributed by atoms with Crippen molar-refractivity contribution in [2.45, 2.75) is 45.8 Å². The molecule has 1 fully saturated rings. The molecular weight excluding hydrogens is 370 g/mol. The van der Waals surface area contributed by atoms with Crippen molar-refractivity contribution in [3.63, 3.8) is 0 Å². The Balaban J connectivity index is 1.44. The molecule has 1 saturated heterocycles. The summed E-state index contributed by atoms with van der Waals surface area (Å²) in [4.78, 5) is 32.0. The van der Waals surface area contributed by atoms with Gasteiger partial charge in [-0.2, -0.15) is 0 Å². The summed E-state index contributed by atoms with van der Waals surface area (Å²) in [6.07, 6.45) is 0.614. The molecule has 0 radical (unpaired) electrons. The standard InChI is InChI=1S/C21H31N5O3/c1-15(27)24-17-7-5-16(6-8-17)9-10-22-19-23-13-18-14-25(11-12-26(18)19)20(28)29-21(2,3)4/h5-8,18H,9-14H2,1-4H3,(H,22,23)(H,24,27). The van der Waals surface area contributed by atoms with E-state index in [2.05, 4.69) is 20.5 Å². The van der Waals surface area contributed by atoms with Gasteiger partial charge < -0.3 is 25.2 Å². The third-order valence-corrected chi connectivity index (χ3v) is 4.83. The van der Waals surface area contributed by atoms with Gasteiger partial charge >= 0.3 is 6.09 Å². The summed E-state index contributed by atoms with van der Waals surface area (Å²) in [5.41, 5.74) is 1.52. The van der Waals surface area contributed by atoms with E-state index >= 15 is 0 Å². The van der Waals surface area contributed by atoms with Crippen molar-refractivity contribution in [1.82, 2.24) is 15.1 Å². The zero-order valence-corrected chi connectivity index (χ0v) is 17.7. The van der Waals surface area contributed by atoms with Crippen LogP contribution >= 0.6 is 0 Å². The molecule has 2 N–H and O–H groups in total. The molecule has 8 nitrogen and oxygen atoms in total. The Labute approximate surface area is 172 Å². The number of piperazine rings is 1. The first-order chi connectivity index (χ1) is 13.7. The molecule has 2 heterocycles. The highest BCUT2D eigenvalue weighted by molar-refractivity contribution is 5.88. The molecule has 2 aliphatic rings. The molecular formula is C21H31N5O3. The molecule has 2 aliphatic heterocycles. The van der Waals surface area contributed by atoms with Gasteiger partial charge in [0.05, 0.1) is 12.6 Å². The van der Waals surface area contributed by atoms with E-state index in [1.165, 1.54) is 12.5 Å². The van der Waals surface area contributed by atoms with Crippen molar-refractivity contribution in [1.29, 1.82) is 0 Å². The number of nitrogens with one attached hydrogen (secondary N) is 2. The highest BCUT2D eigenvalue weighted by Gasteiger charge is 2.36. The topological polar surface area (TPSA) is 86.3 Å². The van der Waals surface area contributed by atoms with Gasteiger partial charge in [0, 0.05) is 38.8 Å². The molecule has 0 spiro atoms. The predicted molar refractivity (Wildman–Crippen MR) is 113 cm³/mol. The lowest BCUT2D eigenvalue weighted by Crippen LogP contribution is -2.57. The van der Waals surface area contributed by atoms with Crippen LogP contribution in [0, 0.1) is 0 Å². The Bertz CT molecular complexity index is 770. The molecule has 1 unspecified atom stereocenters. The van der Waals surface area contributed by atoms with Gasteiger partial charge in [0.25, 0.3) is 0 Å². The van der Waals surface area contributed by atoms with E-state index in [1.54, 1.807) is 4.90 Å². The van der Waals surface area contributed by atoms with Gasteiger partial charge in [0.15, 0.2) is 5.96 Å². The normalized spacial score (nSPS) is 18.8. The molecule has 0 bridgehead atoms. The maximum Gasteiger partial charge on any atom is 0.410 e. The van der Waals surface area contributed by atoms with Gasteiger partial charge in [-0.15, -0.1) is 0 Å². The van der Waals surface area contributed by atoms with E-state index in [-0.39, 0.29) is 18.0 Å². The molecule has 0 aromatic heterocycles. The minimum Gasteiger partial charge on any atom is -0.444 e. The molecule has 1 aromatic carbocycles. The Morgan fingerprint density at radius 2 is 1.93 bits per heavy atom. The van der Waals surface area contributed by atoms with Crippen LogP contribution in [0.25, 0.3) is 0 Å². The lowest BCUT2D eigenvalue weighted by Gasteiger charge is -2.39. The van der Waals surface area contributed by atoms with Crippen LogP contribution < -0.4 is 10.6 Å². The quantitative estimate of drug-likeness (QED) is 0.807. The third kappa shape index (κ3) is 5.85. The number of benzene rings is 1. The summed E-state index contributed by atoms with van der Waals surface area (Å²) in [5.74, 6) is 0.841. The summed E-state index contributed by atoms with van der Waals surface area (Å²) in [6, 6.07) is 8.07. The average molecular weight is 402 g/mol. The number of rotatable bonds is 4. The maximum atomic E-state index is 12.3. The van der Waals surface area contributed by atoms with Crippen molar-refractivity contribution in [3.05, 3.63) is 29.8 Å². The van der Waals surface area contributed by atoms with Crippen molar-refractivity contribution < 1.29 is 14.3 Å². The Morgan fingerprint density at radius 1 is 1.21 bits per heavy atom. The fourth-order valence-electron chi connectivity index (χ4n) is 3.50. The Morgan fingerprint density at radius 3 is 2.59 bits per heavy atom. The molecule has 2 amide bonds. The molecule has 1 aromatic rings. The van der Waals surface area contributed by atoms with E-state index < -0.39 is 5.60 Å². The minimum atomic E-state index is -0.479. The average Bonchev–Trinajstić information content (AvgIpc) is 3.04. The number of anilines is 1. The lowest BCUT2D eigenvalue weighted by molar-refractivity contribution is -0.114. The number of ether oxygens (including phenoxy) is 1. The molecule has 0 aliphatic carbocycles. The van der Waals surface area contributed by atoms with Gasteiger partial charge in [-0.05, 0) is 44.9 Å². The highest BCUT2D eigenvalue weighted by Crippen LogP contribution is 2.18. The van der Waals surface area contributed by atoms with Crippen LogP contribution in [0.4, 0.5) is 10.5 Å². The van der Waals surface area contributed by atoms with E-state index in [0.29, 0.717) is 19.6 Å². The first kappa shape index (κ1) is 21.0. The Hall–Kier alpha value is -2.77. The van der Waals surface area contributed by atoms with Crippen molar-refractivity contribution in [2.24, 2.45) is 4.99 Å². The lowest BCUT2D eigenvalue weighted by atomic mass is 10.1. The molecule has 158 valence electrons. The largest absolute Gasteiger partial charge is 0.444 e. The van der Waals surface area contributed by atoms with Gasteiger partial charge in [-0.3, -0.25) is 9.79 Å². The molecule has 3 rings (SSSR count). The zero-order valence-electron chi connectivity index (χ0n) is 17.7. The van der Waals surface area contributed by atoms with Crippen LogP contribution in [0.2, 0.25) is 0 Å². The van der Waals surface area contributed by atoms with Crippen LogP contribution in [0.15, 0.2) is 29.3 Å². The second kappa shape index (κ2) is 8.71. The highest BCUT2D eigenvalue weighted by atomic mass is 16.6. The summed E-state index contributed by atoms with van der Waals surface area (Å²) >= 11 is 0.